The quantitative estimate of drug-likeness (QED) is 0.664. The van der Waals surface area contributed by atoms with Crippen LogP contribution in [0.1, 0.15) is 12.0 Å². The van der Waals surface area contributed by atoms with Crippen molar-refractivity contribution >= 4 is 11.8 Å². The molecule has 0 radical (unpaired) electrons. The summed E-state index contributed by atoms with van der Waals surface area (Å²) in [6, 6.07) is 6.57. The van der Waals surface area contributed by atoms with Gasteiger partial charge in [-0.05, 0) is 24.1 Å². The van der Waals surface area contributed by atoms with Gasteiger partial charge in [-0.3, -0.25) is 9.59 Å². The smallest absolute Gasteiger partial charge is 0.248 e. The third-order valence-electron chi connectivity index (χ3n) is 4.41. The lowest BCUT2D eigenvalue weighted by molar-refractivity contribution is -0.148. The van der Waals surface area contributed by atoms with Crippen LogP contribution < -0.4 is 15.4 Å². The third kappa shape index (κ3) is 3.16. The van der Waals surface area contributed by atoms with E-state index in [9.17, 15) is 14.7 Å². The van der Waals surface area contributed by atoms with Gasteiger partial charge in [0.2, 0.25) is 11.8 Å². The van der Waals surface area contributed by atoms with Gasteiger partial charge in [-0.25, -0.2) is 0 Å². The van der Waals surface area contributed by atoms with Gasteiger partial charge < -0.3 is 25.4 Å². The molecular weight excluding hydrogens is 298 g/mol. The summed E-state index contributed by atoms with van der Waals surface area (Å²) in [6.45, 7) is 0.759. The molecule has 0 saturated carbocycles. The number of ether oxygens (including phenoxy) is 1. The molecule has 2 aliphatic heterocycles. The highest BCUT2D eigenvalue weighted by Crippen LogP contribution is 2.23. The number of piperazine rings is 1. The Balaban J connectivity index is 1.61. The standard InChI is InChI=1S/C16H21N3O4/c1-23-12-4-2-3-10(5-12)7-17-11-6-14-15(21)18-13(9-20)16(22)19(14)8-11/h2-5,11,13-14,17,20H,6-9H2,1H3,(H,18,21)/t11-,13-,14-/m0/s1. The van der Waals surface area contributed by atoms with Crippen molar-refractivity contribution in [2.45, 2.75) is 31.1 Å². The molecule has 7 heteroatoms. The van der Waals surface area contributed by atoms with E-state index in [-0.39, 0.29) is 24.5 Å². The van der Waals surface area contributed by atoms with Crippen LogP contribution in [0.15, 0.2) is 24.3 Å². The molecule has 3 rings (SSSR count). The van der Waals surface area contributed by atoms with E-state index in [2.05, 4.69) is 10.6 Å². The molecule has 1 aromatic rings. The zero-order chi connectivity index (χ0) is 16.4. The molecule has 0 aliphatic carbocycles. The van der Waals surface area contributed by atoms with E-state index in [4.69, 9.17) is 4.74 Å². The number of nitrogens with zero attached hydrogens (tertiary/aromatic N) is 1. The van der Waals surface area contributed by atoms with Crippen molar-refractivity contribution in [3.05, 3.63) is 29.8 Å². The first-order chi connectivity index (χ1) is 11.1. The molecule has 0 aromatic heterocycles. The lowest BCUT2D eigenvalue weighted by atomic mass is 10.1. The maximum atomic E-state index is 12.2. The van der Waals surface area contributed by atoms with E-state index >= 15 is 0 Å². The van der Waals surface area contributed by atoms with Crippen LogP contribution in [0.2, 0.25) is 0 Å². The number of amides is 2. The normalized spacial score (nSPS) is 26.9. The molecular formula is C16H21N3O4. The van der Waals surface area contributed by atoms with Crippen LogP contribution in [0.25, 0.3) is 0 Å². The average molecular weight is 319 g/mol. The van der Waals surface area contributed by atoms with Gasteiger partial charge in [-0.1, -0.05) is 12.1 Å². The van der Waals surface area contributed by atoms with Crippen LogP contribution in [0, 0.1) is 0 Å². The molecule has 2 amide bonds. The number of aliphatic hydroxyl groups is 1. The predicted molar refractivity (Wildman–Crippen MR) is 82.8 cm³/mol. The minimum Gasteiger partial charge on any atom is -0.497 e. The molecule has 2 fully saturated rings. The van der Waals surface area contributed by atoms with Crippen molar-refractivity contribution < 1.29 is 19.4 Å². The van der Waals surface area contributed by atoms with Crippen LogP contribution >= 0.6 is 0 Å². The monoisotopic (exact) mass is 319 g/mol. The number of rotatable bonds is 5. The Kier molecular flexibility index (Phi) is 4.49. The Bertz CT molecular complexity index is 607. The number of hydrogen-bond acceptors (Lipinski definition) is 5. The second kappa shape index (κ2) is 6.55. The van der Waals surface area contributed by atoms with Crippen molar-refractivity contribution in [1.29, 1.82) is 0 Å². The Hall–Kier alpha value is -2.12. The van der Waals surface area contributed by atoms with Crippen LogP contribution in [0.4, 0.5) is 0 Å². The van der Waals surface area contributed by atoms with Crippen molar-refractivity contribution in [2.75, 3.05) is 20.3 Å². The van der Waals surface area contributed by atoms with Gasteiger partial charge in [0.1, 0.15) is 17.8 Å². The predicted octanol–water partition coefficient (Wildman–Crippen LogP) is -0.755. The third-order valence-corrected chi connectivity index (χ3v) is 4.41. The summed E-state index contributed by atoms with van der Waals surface area (Å²) in [5, 5.41) is 15.1. The summed E-state index contributed by atoms with van der Waals surface area (Å²) < 4.78 is 5.20. The van der Waals surface area contributed by atoms with E-state index in [1.54, 1.807) is 12.0 Å². The van der Waals surface area contributed by atoms with Crippen LogP contribution in [0.3, 0.4) is 0 Å². The highest BCUT2D eigenvalue weighted by Gasteiger charge is 2.45. The number of carbonyl (C=O) groups excluding carboxylic acids is 2. The summed E-state index contributed by atoms with van der Waals surface area (Å²) in [7, 11) is 1.63. The lowest BCUT2D eigenvalue weighted by Gasteiger charge is -2.33. The summed E-state index contributed by atoms with van der Waals surface area (Å²) in [5.74, 6) is 0.408. The minimum absolute atomic E-state index is 0.0540. The minimum atomic E-state index is -0.809. The van der Waals surface area contributed by atoms with Gasteiger partial charge in [0, 0.05) is 19.1 Å². The highest BCUT2D eigenvalue weighted by molar-refractivity contribution is 5.97. The van der Waals surface area contributed by atoms with Crippen molar-refractivity contribution in [3.8, 4) is 5.75 Å². The van der Waals surface area contributed by atoms with E-state index in [0.29, 0.717) is 19.5 Å². The molecule has 3 N–H and O–H groups in total. The first-order valence-electron chi connectivity index (χ1n) is 7.70. The molecule has 0 bridgehead atoms. The molecule has 1 aromatic carbocycles. The molecule has 2 heterocycles. The second-order valence-electron chi connectivity index (χ2n) is 5.92. The van der Waals surface area contributed by atoms with E-state index in [1.165, 1.54) is 0 Å². The lowest BCUT2D eigenvalue weighted by Crippen LogP contribution is -2.62. The first-order valence-corrected chi connectivity index (χ1v) is 7.70. The topological polar surface area (TPSA) is 90.9 Å². The fourth-order valence-electron chi connectivity index (χ4n) is 3.17. The fraction of sp³-hybridized carbons (Fsp3) is 0.500. The van der Waals surface area contributed by atoms with Crippen LogP contribution in [-0.2, 0) is 16.1 Å². The molecule has 3 atom stereocenters. The number of hydrogen-bond donors (Lipinski definition) is 3. The summed E-state index contributed by atoms with van der Waals surface area (Å²) in [6.07, 6.45) is 0.583. The van der Waals surface area contributed by atoms with Crippen LogP contribution in [0.5, 0.6) is 5.75 Å². The van der Waals surface area contributed by atoms with Gasteiger partial charge >= 0.3 is 0 Å². The van der Waals surface area contributed by atoms with Gasteiger partial charge in [-0.15, -0.1) is 0 Å². The molecule has 23 heavy (non-hydrogen) atoms. The molecule has 124 valence electrons. The zero-order valence-electron chi connectivity index (χ0n) is 13.0. The molecule has 0 unspecified atom stereocenters. The van der Waals surface area contributed by atoms with Gasteiger partial charge in [0.05, 0.1) is 13.7 Å². The van der Waals surface area contributed by atoms with Gasteiger partial charge in [0.15, 0.2) is 0 Å². The summed E-state index contributed by atoms with van der Waals surface area (Å²) >= 11 is 0. The Labute approximate surface area is 134 Å². The SMILES string of the molecule is COc1cccc(CN[C@H]2C[C@H]3C(=O)N[C@@H](CO)C(=O)N3C2)c1. The molecule has 2 aliphatic rings. The number of fused-ring (bicyclic) bond motifs is 1. The molecule has 7 nitrogen and oxygen atoms in total. The van der Waals surface area contributed by atoms with E-state index in [1.807, 2.05) is 24.3 Å². The second-order valence-corrected chi connectivity index (χ2v) is 5.92. The Morgan fingerprint density at radius 3 is 3.00 bits per heavy atom. The highest BCUT2D eigenvalue weighted by atomic mass is 16.5. The Morgan fingerprint density at radius 2 is 2.26 bits per heavy atom. The van der Waals surface area contributed by atoms with Crippen molar-refractivity contribution in [3.63, 3.8) is 0 Å². The van der Waals surface area contributed by atoms with E-state index in [0.717, 1.165) is 11.3 Å². The largest absolute Gasteiger partial charge is 0.497 e. The van der Waals surface area contributed by atoms with E-state index < -0.39 is 12.1 Å². The maximum Gasteiger partial charge on any atom is 0.248 e. The number of nitrogens with one attached hydrogen (secondary N) is 2. The summed E-state index contributed by atoms with van der Waals surface area (Å²) in [5.41, 5.74) is 1.08. The first kappa shape index (κ1) is 15.8. The van der Waals surface area contributed by atoms with Crippen LogP contribution in [-0.4, -0.2) is 60.2 Å². The van der Waals surface area contributed by atoms with Crippen molar-refractivity contribution in [1.82, 2.24) is 15.5 Å². The molecule has 2 saturated heterocycles. The number of aliphatic hydroxyl groups excluding tert-OH is 1. The Morgan fingerprint density at radius 1 is 1.43 bits per heavy atom. The maximum absolute atomic E-state index is 12.2. The fourth-order valence-corrected chi connectivity index (χ4v) is 3.17. The molecule has 0 spiro atoms. The zero-order valence-corrected chi connectivity index (χ0v) is 13.0. The summed E-state index contributed by atoms with van der Waals surface area (Å²) in [4.78, 5) is 25.8. The number of methoxy groups -OCH3 is 1. The van der Waals surface area contributed by atoms with Gasteiger partial charge in [-0.2, -0.15) is 0 Å². The number of benzene rings is 1. The van der Waals surface area contributed by atoms with Gasteiger partial charge in [0.25, 0.3) is 0 Å². The average Bonchev–Trinajstić information content (AvgIpc) is 3.01. The van der Waals surface area contributed by atoms with Crippen molar-refractivity contribution in [2.24, 2.45) is 0 Å². The number of carbonyl (C=O) groups is 2.